The highest BCUT2D eigenvalue weighted by Gasteiger charge is 2.39. The molecule has 168 valence electrons. The van der Waals surface area contributed by atoms with Crippen molar-refractivity contribution in [2.75, 3.05) is 19.6 Å². The number of benzene rings is 1. The monoisotopic (exact) mass is 454 g/mol. The molecule has 31 heavy (non-hydrogen) atoms. The van der Waals surface area contributed by atoms with Gasteiger partial charge in [-0.2, -0.15) is 18.3 Å². The number of ether oxygens (including phenoxy) is 1. The summed E-state index contributed by atoms with van der Waals surface area (Å²) >= 11 is -0.132. The number of nitrogens with one attached hydrogen (secondary N) is 1. The van der Waals surface area contributed by atoms with Gasteiger partial charge < -0.3 is 10.1 Å². The molecule has 1 unspecified atom stereocenters. The van der Waals surface area contributed by atoms with Crippen LogP contribution in [0.4, 0.5) is 18.0 Å². The average molecular weight is 455 g/mol. The molecule has 3 heterocycles. The molecule has 2 aromatic rings. The van der Waals surface area contributed by atoms with E-state index in [2.05, 4.69) is 5.32 Å². The van der Waals surface area contributed by atoms with Crippen molar-refractivity contribution in [2.24, 2.45) is 0 Å². The van der Waals surface area contributed by atoms with Gasteiger partial charge in [0.2, 0.25) is 0 Å². The number of amides is 1. The minimum absolute atomic E-state index is 0.132. The van der Waals surface area contributed by atoms with E-state index < -0.39 is 11.1 Å². The van der Waals surface area contributed by atoms with E-state index in [0.29, 0.717) is 25.2 Å². The SMILES string of the molecule is CC(C)(C)OC(=O)N1CCc2c3c(nn2-c2ccc(SC(F)(F)F)cc2)CCNCC31. The van der Waals surface area contributed by atoms with Crippen molar-refractivity contribution in [1.29, 1.82) is 0 Å². The number of carbonyl (C=O) groups excluding carboxylic acids is 1. The lowest BCUT2D eigenvalue weighted by Crippen LogP contribution is -2.46. The fraction of sp³-hybridized carbons (Fsp3) is 0.524. The number of thioether (sulfide) groups is 1. The first-order valence-corrected chi connectivity index (χ1v) is 11.0. The molecule has 1 aromatic heterocycles. The Morgan fingerprint density at radius 3 is 2.55 bits per heavy atom. The Bertz CT molecular complexity index is 967. The van der Waals surface area contributed by atoms with Crippen LogP contribution in [0.2, 0.25) is 0 Å². The van der Waals surface area contributed by atoms with Crippen LogP contribution in [0.3, 0.4) is 0 Å². The van der Waals surface area contributed by atoms with Crippen molar-refractivity contribution < 1.29 is 22.7 Å². The summed E-state index contributed by atoms with van der Waals surface area (Å²) in [7, 11) is 0. The van der Waals surface area contributed by atoms with E-state index in [-0.39, 0.29) is 28.8 Å². The Kier molecular flexibility index (Phi) is 5.72. The predicted octanol–water partition coefficient (Wildman–Crippen LogP) is 4.46. The quantitative estimate of drug-likeness (QED) is 0.679. The average Bonchev–Trinajstić information content (AvgIpc) is 2.88. The van der Waals surface area contributed by atoms with Crippen LogP contribution in [-0.4, -0.2) is 51.5 Å². The van der Waals surface area contributed by atoms with Gasteiger partial charge in [-0.3, -0.25) is 4.90 Å². The molecule has 0 saturated carbocycles. The maximum Gasteiger partial charge on any atom is 0.446 e. The lowest BCUT2D eigenvalue weighted by molar-refractivity contribution is -0.0328. The number of nitrogens with zero attached hydrogens (tertiary/aromatic N) is 3. The van der Waals surface area contributed by atoms with Gasteiger partial charge >= 0.3 is 11.6 Å². The fourth-order valence-electron chi connectivity index (χ4n) is 4.06. The molecule has 0 saturated heterocycles. The summed E-state index contributed by atoms with van der Waals surface area (Å²) in [6.07, 6.45) is 0.965. The fourth-order valence-corrected chi connectivity index (χ4v) is 4.60. The largest absolute Gasteiger partial charge is 0.446 e. The molecule has 6 nitrogen and oxygen atoms in total. The highest BCUT2D eigenvalue weighted by atomic mass is 32.2. The van der Waals surface area contributed by atoms with Crippen LogP contribution < -0.4 is 5.32 Å². The van der Waals surface area contributed by atoms with E-state index in [4.69, 9.17) is 9.84 Å². The third kappa shape index (κ3) is 4.85. The molecular formula is C21H25F3N4O2S. The first kappa shape index (κ1) is 22.0. The summed E-state index contributed by atoms with van der Waals surface area (Å²) in [6.45, 7) is 7.36. The summed E-state index contributed by atoms with van der Waals surface area (Å²) in [4.78, 5) is 14.7. The zero-order valence-electron chi connectivity index (χ0n) is 17.6. The van der Waals surface area contributed by atoms with E-state index >= 15 is 0 Å². The van der Waals surface area contributed by atoms with Crippen LogP contribution in [0.5, 0.6) is 0 Å². The van der Waals surface area contributed by atoms with Crippen molar-refractivity contribution >= 4 is 17.9 Å². The van der Waals surface area contributed by atoms with Crippen molar-refractivity contribution in [3.05, 3.63) is 41.2 Å². The molecule has 0 radical (unpaired) electrons. The highest BCUT2D eigenvalue weighted by Crippen LogP contribution is 2.38. The second kappa shape index (κ2) is 8.05. The number of alkyl halides is 3. The van der Waals surface area contributed by atoms with Crippen LogP contribution in [0.15, 0.2) is 29.2 Å². The molecule has 10 heteroatoms. The van der Waals surface area contributed by atoms with Crippen LogP contribution in [0, 0.1) is 0 Å². The van der Waals surface area contributed by atoms with Crippen molar-refractivity contribution in [2.45, 2.75) is 55.7 Å². The molecule has 1 N–H and O–H groups in total. The van der Waals surface area contributed by atoms with Gasteiger partial charge in [0.15, 0.2) is 0 Å². The second-order valence-corrected chi connectivity index (χ2v) is 9.79. The topological polar surface area (TPSA) is 59.4 Å². The zero-order valence-corrected chi connectivity index (χ0v) is 18.4. The molecule has 0 bridgehead atoms. The van der Waals surface area contributed by atoms with E-state index in [0.717, 1.165) is 29.9 Å². The molecule has 0 aliphatic carbocycles. The highest BCUT2D eigenvalue weighted by molar-refractivity contribution is 8.00. The Morgan fingerprint density at radius 1 is 1.19 bits per heavy atom. The van der Waals surface area contributed by atoms with E-state index in [1.54, 1.807) is 17.0 Å². The van der Waals surface area contributed by atoms with Gasteiger partial charge in [0.05, 0.1) is 23.1 Å². The minimum Gasteiger partial charge on any atom is -0.444 e. The van der Waals surface area contributed by atoms with Crippen LogP contribution >= 0.6 is 11.8 Å². The van der Waals surface area contributed by atoms with Crippen LogP contribution in [0.25, 0.3) is 5.69 Å². The Hall–Kier alpha value is -2.20. The van der Waals surface area contributed by atoms with Crippen molar-refractivity contribution in [3.8, 4) is 5.69 Å². The second-order valence-electron chi connectivity index (χ2n) is 8.65. The molecule has 1 aromatic carbocycles. The predicted molar refractivity (Wildman–Crippen MR) is 111 cm³/mol. The lowest BCUT2D eigenvalue weighted by Gasteiger charge is -2.36. The summed E-state index contributed by atoms with van der Waals surface area (Å²) in [5.74, 6) is 0. The number of carbonyl (C=O) groups is 1. The summed E-state index contributed by atoms with van der Waals surface area (Å²) < 4.78 is 45.3. The summed E-state index contributed by atoms with van der Waals surface area (Å²) in [5.41, 5.74) is -1.25. The van der Waals surface area contributed by atoms with Crippen molar-refractivity contribution in [1.82, 2.24) is 20.0 Å². The molecule has 4 rings (SSSR count). The molecule has 0 spiro atoms. The van der Waals surface area contributed by atoms with Gasteiger partial charge in [-0.15, -0.1) is 0 Å². The van der Waals surface area contributed by atoms with Crippen LogP contribution in [0.1, 0.15) is 43.8 Å². The third-order valence-electron chi connectivity index (χ3n) is 5.22. The smallest absolute Gasteiger partial charge is 0.444 e. The molecule has 1 atom stereocenters. The summed E-state index contributed by atoms with van der Waals surface area (Å²) in [6, 6.07) is 6.04. The first-order valence-electron chi connectivity index (χ1n) is 10.2. The lowest BCUT2D eigenvalue weighted by atomic mass is 9.96. The summed E-state index contributed by atoms with van der Waals surface area (Å²) in [5, 5.41) is 8.15. The van der Waals surface area contributed by atoms with Gasteiger partial charge in [-0.05, 0) is 56.8 Å². The molecule has 0 fully saturated rings. The van der Waals surface area contributed by atoms with Gasteiger partial charge in [0.1, 0.15) is 5.60 Å². The minimum atomic E-state index is -4.32. The van der Waals surface area contributed by atoms with Gasteiger partial charge in [-0.1, -0.05) is 0 Å². The third-order valence-corrected chi connectivity index (χ3v) is 5.96. The normalized spacial score (nSPS) is 19.0. The standard InChI is InChI=1S/C21H25F3N4O2S/c1-20(2,3)30-19(29)27-11-9-16-18-15(8-10-25-12-17(18)27)26-28(16)13-4-6-14(7-5-13)31-21(22,23)24/h4-7,17,25H,8-12H2,1-3H3. The number of halogens is 3. The number of rotatable bonds is 2. The number of hydrogen-bond donors (Lipinski definition) is 1. The molecule has 2 aliphatic rings. The Balaban J connectivity index is 1.66. The molecule has 2 aliphatic heterocycles. The van der Waals surface area contributed by atoms with Gasteiger partial charge in [-0.25, -0.2) is 9.48 Å². The van der Waals surface area contributed by atoms with E-state index in [9.17, 15) is 18.0 Å². The van der Waals surface area contributed by atoms with Gasteiger partial charge in [0.25, 0.3) is 0 Å². The number of hydrogen-bond acceptors (Lipinski definition) is 5. The molecule has 1 amide bonds. The van der Waals surface area contributed by atoms with Crippen molar-refractivity contribution in [3.63, 3.8) is 0 Å². The zero-order chi connectivity index (χ0) is 22.4. The van der Waals surface area contributed by atoms with Crippen LogP contribution in [-0.2, 0) is 17.6 Å². The number of aromatic nitrogens is 2. The maximum absolute atomic E-state index is 12.8. The molecular weight excluding hydrogens is 429 g/mol. The Labute approximate surface area is 183 Å². The first-order chi connectivity index (χ1) is 14.5. The van der Waals surface area contributed by atoms with Gasteiger partial charge in [0, 0.05) is 42.9 Å². The Morgan fingerprint density at radius 2 is 1.90 bits per heavy atom. The van der Waals surface area contributed by atoms with E-state index in [1.165, 1.54) is 12.1 Å². The maximum atomic E-state index is 12.8. The van der Waals surface area contributed by atoms with E-state index in [1.807, 2.05) is 25.5 Å².